The SMILES string of the molecule is CN(C)C1CCN(C(=O)N[C@H](CC(=O)O)C(=O)O)C1. The number of likely N-dealkylation sites (N-methyl/N-ethyl adjacent to an activating group) is 1. The van der Waals surface area contributed by atoms with Crippen molar-refractivity contribution in [1.82, 2.24) is 15.1 Å². The zero-order valence-electron chi connectivity index (χ0n) is 11.0. The first-order valence-electron chi connectivity index (χ1n) is 5.97. The molecule has 1 heterocycles. The Morgan fingerprint density at radius 1 is 1.37 bits per heavy atom. The highest BCUT2D eigenvalue weighted by molar-refractivity contribution is 5.86. The number of carbonyl (C=O) groups is 3. The van der Waals surface area contributed by atoms with Crippen molar-refractivity contribution in [1.29, 1.82) is 0 Å². The Bertz CT molecular complexity index is 371. The minimum atomic E-state index is -1.40. The molecule has 3 N–H and O–H groups in total. The number of likely N-dealkylation sites (tertiary alicyclic amines) is 1. The number of carbonyl (C=O) groups excluding carboxylic acids is 1. The van der Waals surface area contributed by atoms with Crippen molar-refractivity contribution in [3.8, 4) is 0 Å². The summed E-state index contributed by atoms with van der Waals surface area (Å²) in [4.78, 5) is 36.7. The van der Waals surface area contributed by atoms with E-state index in [9.17, 15) is 14.4 Å². The third-order valence-corrected chi connectivity index (χ3v) is 3.16. The van der Waals surface area contributed by atoms with Gasteiger partial charge in [0.1, 0.15) is 6.04 Å². The van der Waals surface area contributed by atoms with Crippen LogP contribution in [0, 0.1) is 0 Å². The van der Waals surface area contributed by atoms with Crippen LogP contribution < -0.4 is 5.32 Å². The number of urea groups is 1. The number of hydrogen-bond donors (Lipinski definition) is 3. The van der Waals surface area contributed by atoms with Gasteiger partial charge in [0, 0.05) is 19.1 Å². The van der Waals surface area contributed by atoms with Crippen molar-refractivity contribution in [3.05, 3.63) is 0 Å². The molecule has 0 aliphatic carbocycles. The van der Waals surface area contributed by atoms with Gasteiger partial charge in [-0.15, -0.1) is 0 Å². The van der Waals surface area contributed by atoms with Gasteiger partial charge in [0.15, 0.2) is 0 Å². The number of amides is 2. The van der Waals surface area contributed by atoms with Crippen LogP contribution in [0.25, 0.3) is 0 Å². The van der Waals surface area contributed by atoms with Crippen LogP contribution in [-0.2, 0) is 9.59 Å². The molecule has 0 saturated carbocycles. The molecule has 108 valence electrons. The van der Waals surface area contributed by atoms with E-state index in [0.29, 0.717) is 13.1 Å². The molecule has 0 bridgehead atoms. The van der Waals surface area contributed by atoms with Gasteiger partial charge in [0.25, 0.3) is 0 Å². The molecule has 1 aliphatic heterocycles. The van der Waals surface area contributed by atoms with Crippen molar-refractivity contribution in [2.24, 2.45) is 0 Å². The van der Waals surface area contributed by atoms with Crippen LogP contribution in [0.5, 0.6) is 0 Å². The monoisotopic (exact) mass is 273 g/mol. The number of nitrogens with zero attached hydrogens (tertiary/aromatic N) is 2. The third kappa shape index (κ3) is 4.40. The van der Waals surface area contributed by atoms with Crippen LogP contribution in [0.2, 0.25) is 0 Å². The highest BCUT2D eigenvalue weighted by Gasteiger charge is 2.30. The Balaban J connectivity index is 2.54. The lowest BCUT2D eigenvalue weighted by Crippen LogP contribution is -2.48. The highest BCUT2D eigenvalue weighted by atomic mass is 16.4. The van der Waals surface area contributed by atoms with Gasteiger partial charge in [-0.3, -0.25) is 4.79 Å². The van der Waals surface area contributed by atoms with Gasteiger partial charge in [0.2, 0.25) is 0 Å². The molecule has 0 spiro atoms. The van der Waals surface area contributed by atoms with Crippen molar-refractivity contribution >= 4 is 18.0 Å². The van der Waals surface area contributed by atoms with Crippen LogP contribution in [0.15, 0.2) is 0 Å². The Kier molecular flexibility index (Phi) is 5.11. The fourth-order valence-corrected chi connectivity index (χ4v) is 1.96. The van der Waals surface area contributed by atoms with Gasteiger partial charge in [-0.2, -0.15) is 0 Å². The summed E-state index contributed by atoms with van der Waals surface area (Å²) in [6.07, 6.45) is 0.184. The van der Waals surface area contributed by atoms with Crippen molar-refractivity contribution in [2.75, 3.05) is 27.2 Å². The second-order valence-corrected chi connectivity index (χ2v) is 4.79. The maximum Gasteiger partial charge on any atom is 0.326 e. The first-order valence-corrected chi connectivity index (χ1v) is 5.97. The molecule has 2 atom stereocenters. The van der Waals surface area contributed by atoms with Crippen LogP contribution >= 0.6 is 0 Å². The average molecular weight is 273 g/mol. The number of aliphatic carboxylic acids is 2. The van der Waals surface area contributed by atoms with Crippen LogP contribution in [0.4, 0.5) is 4.79 Å². The van der Waals surface area contributed by atoms with Crippen LogP contribution in [-0.4, -0.2) is 77.3 Å². The number of carboxylic acid groups (broad SMARTS) is 2. The molecule has 1 fully saturated rings. The van der Waals surface area contributed by atoms with Crippen molar-refractivity contribution in [3.63, 3.8) is 0 Å². The maximum atomic E-state index is 11.8. The topological polar surface area (TPSA) is 110 Å². The van der Waals surface area contributed by atoms with Gasteiger partial charge in [-0.1, -0.05) is 0 Å². The second kappa shape index (κ2) is 6.37. The second-order valence-electron chi connectivity index (χ2n) is 4.79. The number of rotatable bonds is 5. The van der Waals surface area contributed by atoms with Crippen molar-refractivity contribution < 1.29 is 24.6 Å². The minimum absolute atomic E-state index is 0.244. The quantitative estimate of drug-likeness (QED) is 0.608. The summed E-state index contributed by atoms with van der Waals surface area (Å²) in [5.41, 5.74) is 0. The number of carboxylic acids is 2. The summed E-state index contributed by atoms with van der Waals surface area (Å²) in [5, 5.41) is 19.7. The van der Waals surface area contributed by atoms with Gasteiger partial charge in [-0.05, 0) is 20.5 Å². The molecule has 1 saturated heterocycles. The molecule has 8 heteroatoms. The largest absolute Gasteiger partial charge is 0.481 e. The standard InChI is InChI=1S/C11H19N3O5/c1-13(2)7-3-4-14(6-7)11(19)12-8(10(17)18)5-9(15)16/h7-8H,3-6H2,1-2H3,(H,12,19)(H,15,16)(H,17,18)/t7?,8-/m1/s1. The molecule has 0 aromatic rings. The predicted molar refractivity (Wildman–Crippen MR) is 65.9 cm³/mol. The smallest absolute Gasteiger partial charge is 0.326 e. The van der Waals surface area contributed by atoms with Crippen LogP contribution in [0.3, 0.4) is 0 Å². The van der Waals surface area contributed by atoms with E-state index in [-0.39, 0.29) is 6.04 Å². The molecule has 19 heavy (non-hydrogen) atoms. The maximum absolute atomic E-state index is 11.8. The lowest BCUT2D eigenvalue weighted by atomic mass is 10.2. The van der Waals surface area contributed by atoms with Gasteiger partial charge in [0.05, 0.1) is 6.42 Å². The fourth-order valence-electron chi connectivity index (χ4n) is 1.96. The summed E-state index contributed by atoms with van der Waals surface area (Å²) >= 11 is 0. The molecular formula is C11H19N3O5. The van der Waals surface area contributed by atoms with Crippen molar-refractivity contribution in [2.45, 2.75) is 24.9 Å². The summed E-state index contributed by atoms with van der Waals surface area (Å²) in [7, 11) is 3.83. The van der Waals surface area contributed by atoms with Gasteiger partial charge < -0.3 is 25.3 Å². The van der Waals surface area contributed by atoms with E-state index in [4.69, 9.17) is 10.2 Å². The Morgan fingerprint density at radius 2 is 2.00 bits per heavy atom. The minimum Gasteiger partial charge on any atom is -0.481 e. The van der Waals surface area contributed by atoms with E-state index in [2.05, 4.69) is 5.32 Å². The van der Waals surface area contributed by atoms with Gasteiger partial charge >= 0.3 is 18.0 Å². The lowest BCUT2D eigenvalue weighted by molar-refractivity contribution is -0.145. The van der Waals surface area contributed by atoms with E-state index in [1.807, 2.05) is 19.0 Å². The molecule has 0 radical (unpaired) electrons. The zero-order valence-corrected chi connectivity index (χ0v) is 11.0. The van der Waals surface area contributed by atoms with E-state index >= 15 is 0 Å². The van der Waals surface area contributed by atoms with E-state index in [1.54, 1.807) is 0 Å². The molecular weight excluding hydrogens is 254 g/mol. The van der Waals surface area contributed by atoms with E-state index < -0.39 is 30.4 Å². The summed E-state index contributed by atoms with van der Waals surface area (Å²) in [5.74, 6) is -2.61. The normalized spacial score (nSPS) is 20.4. The molecule has 1 unspecified atom stereocenters. The molecule has 8 nitrogen and oxygen atoms in total. The number of hydrogen-bond acceptors (Lipinski definition) is 4. The summed E-state index contributed by atoms with van der Waals surface area (Å²) in [6, 6.07) is -1.69. The molecule has 1 aliphatic rings. The van der Waals surface area contributed by atoms with Gasteiger partial charge in [-0.25, -0.2) is 9.59 Å². The summed E-state index contributed by atoms with van der Waals surface area (Å²) in [6.45, 7) is 1.05. The van der Waals surface area contributed by atoms with E-state index in [1.165, 1.54) is 4.90 Å². The predicted octanol–water partition coefficient (Wildman–Crippen LogP) is -0.740. The Morgan fingerprint density at radius 3 is 2.42 bits per heavy atom. The Labute approximate surface area is 111 Å². The summed E-state index contributed by atoms with van der Waals surface area (Å²) < 4.78 is 0. The molecule has 2 amide bonds. The highest BCUT2D eigenvalue weighted by Crippen LogP contribution is 2.13. The first-order chi connectivity index (χ1) is 8.81. The van der Waals surface area contributed by atoms with Crippen LogP contribution in [0.1, 0.15) is 12.8 Å². The molecule has 0 aromatic carbocycles. The average Bonchev–Trinajstić information content (AvgIpc) is 2.76. The molecule has 1 rings (SSSR count). The lowest BCUT2D eigenvalue weighted by Gasteiger charge is -2.22. The molecule has 0 aromatic heterocycles. The Hall–Kier alpha value is -1.83. The van der Waals surface area contributed by atoms with E-state index in [0.717, 1.165) is 6.42 Å². The first kappa shape index (κ1) is 15.2. The third-order valence-electron chi connectivity index (χ3n) is 3.16. The number of nitrogens with one attached hydrogen (secondary N) is 1. The zero-order chi connectivity index (χ0) is 14.6. The fraction of sp³-hybridized carbons (Fsp3) is 0.727.